The van der Waals surface area contributed by atoms with Crippen molar-refractivity contribution in [3.63, 3.8) is 0 Å². The first-order chi connectivity index (χ1) is 14.6. The van der Waals surface area contributed by atoms with Gasteiger partial charge in [0.15, 0.2) is 11.6 Å². The largest absolute Gasteiger partial charge is 0.328 e. The van der Waals surface area contributed by atoms with Crippen LogP contribution in [-0.2, 0) is 10.2 Å². The molecule has 3 heterocycles. The molecule has 6 heteroatoms. The first-order valence-electron chi connectivity index (χ1n) is 10.8. The van der Waals surface area contributed by atoms with Gasteiger partial charge in [0.25, 0.3) is 0 Å². The van der Waals surface area contributed by atoms with Gasteiger partial charge < -0.3 is 5.32 Å². The van der Waals surface area contributed by atoms with Crippen molar-refractivity contribution < 1.29 is 4.79 Å². The zero-order valence-corrected chi connectivity index (χ0v) is 19.5. The van der Waals surface area contributed by atoms with E-state index in [9.17, 15) is 4.79 Å². The van der Waals surface area contributed by atoms with Crippen molar-refractivity contribution in [2.24, 2.45) is 5.41 Å². The average molecular weight is 433 g/mol. The maximum Gasteiger partial charge on any atom is 0.226 e. The fraction of sp³-hybridized carbons (Fsp3) is 0.400. The lowest BCUT2D eigenvalue weighted by Gasteiger charge is -2.37. The van der Waals surface area contributed by atoms with Crippen LogP contribution in [0.4, 0.5) is 5.95 Å². The fourth-order valence-electron chi connectivity index (χ4n) is 4.56. The molecular weight excluding hydrogens is 404 g/mol. The first kappa shape index (κ1) is 20.2. The van der Waals surface area contributed by atoms with Crippen LogP contribution in [-0.4, -0.2) is 20.5 Å². The molecule has 0 bridgehead atoms. The van der Waals surface area contributed by atoms with Gasteiger partial charge in [-0.2, -0.15) is 4.98 Å². The Balaban J connectivity index is 1.60. The average Bonchev–Trinajstić information content (AvgIpc) is 3.34. The summed E-state index contributed by atoms with van der Waals surface area (Å²) in [6.07, 6.45) is 1.39. The second-order valence-corrected chi connectivity index (χ2v) is 11.4. The summed E-state index contributed by atoms with van der Waals surface area (Å²) in [5, 5.41) is 10.4. The molecule has 3 aromatic rings. The third-order valence-corrected chi connectivity index (χ3v) is 7.08. The first-order valence-corrected chi connectivity index (χ1v) is 11.6. The SMILES string of the molecule is CC1(C)CC(=O)C2=C(C1)Nc1nc(-c3ccc(C(C)(C)C)cc3)nn1C2c1cccs1. The number of carbonyl (C=O) groups is 1. The van der Waals surface area contributed by atoms with E-state index in [-0.39, 0.29) is 22.7 Å². The van der Waals surface area contributed by atoms with Crippen LogP contribution < -0.4 is 5.32 Å². The van der Waals surface area contributed by atoms with Gasteiger partial charge in [-0.25, -0.2) is 4.68 Å². The summed E-state index contributed by atoms with van der Waals surface area (Å²) in [6.45, 7) is 10.9. The molecule has 5 rings (SSSR count). The number of anilines is 1. The Bertz CT molecular complexity index is 1180. The maximum absolute atomic E-state index is 13.2. The molecule has 0 radical (unpaired) electrons. The predicted octanol–water partition coefficient (Wildman–Crippen LogP) is 5.96. The Morgan fingerprint density at radius 2 is 1.87 bits per heavy atom. The molecule has 5 nitrogen and oxygen atoms in total. The summed E-state index contributed by atoms with van der Waals surface area (Å²) in [5.41, 5.74) is 4.13. The van der Waals surface area contributed by atoms with Crippen LogP contribution in [0.5, 0.6) is 0 Å². The lowest BCUT2D eigenvalue weighted by Crippen LogP contribution is -2.36. The van der Waals surface area contributed by atoms with Crippen LogP contribution >= 0.6 is 11.3 Å². The Labute approximate surface area is 187 Å². The summed E-state index contributed by atoms with van der Waals surface area (Å²) in [7, 11) is 0. The molecule has 2 aromatic heterocycles. The molecule has 1 unspecified atom stereocenters. The molecule has 160 valence electrons. The Morgan fingerprint density at radius 3 is 2.52 bits per heavy atom. The van der Waals surface area contributed by atoms with Gasteiger partial charge in [0, 0.05) is 28.1 Å². The molecule has 2 aliphatic rings. The van der Waals surface area contributed by atoms with E-state index in [4.69, 9.17) is 10.1 Å². The third-order valence-electron chi connectivity index (χ3n) is 6.15. The summed E-state index contributed by atoms with van der Waals surface area (Å²) in [6, 6.07) is 12.4. The quantitative estimate of drug-likeness (QED) is 0.543. The number of benzene rings is 1. The molecule has 0 amide bonds. The monoisotopic (exact) mass is 432 g/mol. The zero-order valence-electron chi connectivity index (χ0n) is 18.7. The lowest BCUT2D eigenvalue weighted by atomic mass is 9.73. The number of carbonyl (C=O) groups excluding carboxylic acids is 1. The molecule has 0 fully saturated rings. The van der Waals surface area contributed by atoms with E-state index in [1.54, 1.807) is 11.3 Å². The molecule has 1 aliphatic heterocycles. The number of rotatable bonds is 2. The number of fused-ring (bicyclic) bond motifs is 1. The molecule has 0 saturated carbocycles. The van der Waals surface area contributed by atoms with Gasteiger partial charge in [-0.15, -0.1) is 16.4 Å². The Hall–Kier alpha value is -2.73. The van der Waals surface area contributed by atoms with Gasteiger partial charge in [0.2, 0.25) is 5.95 Å². The van der Waals surface area contributed by atoms with Crippen molar-refractivity contribution >= 4 is 23.1 Å². The van der Waals surface area contributed by atoms with E-state index < -0.39 is 0 Å². The van der Waals surface area contributed by atoms with Crippen molar-refractivity contribution in [2.45, 2.75) is 58.9 Å². The molecule has 0 saturated heterocycles. The molecule has 1 atom stereocenters. The molecule has 1 aliphatic carbocycles. The predicted molar refractivity (Wildman–Crippen MR) is 125 cm³/mol. The number of Topliss-reactive ketones (excluding diaryl/α,β-unsaturated/α-hetero) is 1. The highest BCUT2D eigenvalue weighted by molar-refractivity contribution is 7.10. The van der Waals surface area contributed by atoms with E-state index in [0.29, 0.717) is 18.2 Å². The number of hydrogen-bond acceptors (Lipinski definition) is 5. The van der Waals surface area contributed by atoms with Crippen molar-refractivity contribution in [1.82, 2.24) is 14.8 Å². The third kappa shape index (κ3) is 3.53. The van der Waals surface area contributed by atoms with Crippen molar-refractivity contribution in [2.75, 3.05) is 5.32 Å². The number of ketones is 1. The number of thiophene rings is 1. The summed E-state index contributed by atoms with van der Waals surface area (Å²) in [4.78, 5) is 19.2. The van der Waals surface area contributed by atoms with Crippen LogP contribution in [0.2, 0.25) is 0 Å². The molecule has 1 aromatic carbocycles. The second-order valence-electron chi connectivity index (χ2n) is 10.4. The number of aromatic nitrogens is 3. The fourth-order valence-corrected chi connectivity index (χ4v) is 5.38. The van der Waals surface area contributed by atoms with Gasteiger partial charge in [0.05, 0.1) is 0 Å². The van der Waals surface area contributed by atoms with Crippen LogP contribution in [0.3, 0.4) is 0 Å². The number of hydrogen-bond donors (Lipinski definition) is 1. The van der Waals surface area contributed by atoms with Crippen LogP contribution in [0.15, 0.2) is 53.0 Å². The molecular formula is C25H28N4OS. The normalized spacial score (nSPS) is 20.3. The standard InChI is InChI=1S/C25H28N4OS/c1-24(2,3)16-10-8-15(9-11-16)22-27-23-26-17-13-25(4,5)14-18(30)20(17)21(29(23)28-22)19-7-6-12-31-19/h6-12,21H,13-14H2,1-5H3,(H,26,27,28). The van der Waals surface area contributed by atoms with Crippen molar-refractivity contribution in [3.8, 4) is 11.4 Å². The van der Waals surface area contributed by atoms with Gasteiger partial charge >= 0.3 is 0 Å². The van der Waals surface area contributed by atoms with Crippen LogP contribution in [0.1, 0.15) is 63.9 Å². The molecule has 1 N–H and O–H groups in total. The van der Waals surface area contributed by atoms with Gasteiger partial charge in [-0.1, -0.05) is 65.0 Å². The smallest absolute Gasteiger partial charge is 0.226 e. The minimum absolute atomic E-state index is 0.0588. The van der Waals surface area contributed by atoms with Crippen molar-refractivity contribution in [1.29, 1.82) is 0 Å². The minimum atomic E-state index is -0.218. The highest BCUT2D eigenvalue weighted by Crippen LogP contribution is 2.46. The maximum atomic E-state index is 13.2. The lowest BCUT2D eigenvalue weighted by molar-refractivity contribution is -0.118. The molecule has 31 heavy (non-hydrogen) atoms. The van der Waals surface area contributed by atoms with Crippen LogP contribution in [0.25, 0.3) is 11.4 Å². The van der Waals surface area contributed by atoms with E-state index >= 15 is 0 Å². The van der Waals surface area contributed by atoms with Gasteiger partial charge in [-0.3, -0.25) is 4.79 Å². The summed E-state index contributed by atoms with van der Waals surface area (Å²) >= 11 is 1.66. The minimum Gasteiger partial charge on any atom is -0.328 e. The van der Waals surface area contributed by atoms with Gasteiger partial charge in [-0.05, 0) is 34.3 Å². The number of nitrogens with zero attached hydrogens (tertiary/aromatic N) is 3. The second kappa shape index (κ2) is 6.89. The van der Waals surface area contributed by atoms with E-state index in [1.165, 1.54) is 5.56 Å². The van der Waals surface area contributed by atoms with E-state index in [1.807, 2.05) is 10.7 Å². The number of allylic oxidation sites excluding steroid dienone is 2. The highest BCUT2D eigenvalue weighted by atomic mass is 32.1. The van der Waals surface area contributed by atoms with E-state index in [2.05, 4.69) is 75.6 Å². The van der Waals surface area contributed by atoms with Gasteiger partial charge in [0.1, 0.15) is 6.04 Å². The zero-order chi connectivity index (χ0) is 22.0. The molecule has 0 spiro atoms. The summed E-state index contributed by atoms with van der Waals surface area (Å²) in [5.74, 6) is 1.59. The van der Waals surface area contributed by atoms with Crippen molar-refractivity contribution in [3.05, 3.63) is 63.5 Å². The van der Waals surface area contributed by atoms with E-state index in [0.717, 1.165) is 28.1 Å². The number of nitrogens with one attached hydrogen (secondary N) is 1. The highest BCUT2D eigenvalue weighted by Gasteiger charge is 2.42. The Morgan fingerprint density at radius 1 is 1.13 bits per heavy atom. The van der Waals surface area contributed by atoms with Crippen LogP contribution in [0, 0.1) is 5.41 Å². The summed E-state index contributed by atoms with van der Waals surface area (Å²) < 4.78 is 1.90. The topological polar surface area (TPSA) is 59.8 Å². The Kier molecular flexibility index (Phi) is 4.49.